The number of quaternary nitrogens is 1. The summed E-state index contributed by atoms with van der Waals surface area (Å²) in [6.07, 6.45) is -0.843. The molecule has 2 N–H and O–H groups in total. The molecule has 6 nitrogen and oxygen atoms in total. The van der Waals surface area contributed by atoms with Crippen LogP contribution >= 0.6 is 7.60 Å². The average molecular weight is 226 g/mol. The summed E-state index contributed by atoms with van der Waals surface area (Å²) >= 11 is 0. The number of hydrogen-bond donors (Lipinski definition) is 2. The van der Waals surface area contributed by atoms with Crippen LogP contribution in [0.15, 0.2) is 0 Å². The Kier molecular flexibility index (Phi) is 4.74. The fourth-order valence-electron chi connectivity index (χ4n) is 0.647. The largest absolute Gasteiger partial charge is 0.459 e. The highest BCUT2D eigenvalue weighted by Gasteiger charge is 2.20. The smallest absolute Gasteiger partial charge is 0.336 e. The number of carbonyl (C=O) groups excluding carboxylic acids is 1. The van der Waals surface area contributed by atoms with Gasteiger partial charge < -0.3 is 19.0 Å². The summed E-state index contributed by atoms with van der Waals surface area (Å²) in [5.74, 6) is -0.855. The molecule has 0 aromatic carbocycles. The van der Waals surface area contributed by atoms with Crippen molar-refractivity contribution in [3.05, 3.63) is 0 Å². The van der Waals surface area contributed by atoms with E-state index in [1.165, 1.54) is 0 Å². The second-order valence-corrected chi connectivity index (χ2v) is 5.70. The predicted octanol–water partition coefficient (Wildman–Crippen LogP) is -0.586. The standard InChI is InChI=1S/C7H16NO5P/c1-8(2,3)4-5-13-7(9)6-14(10,11)12/h4-6H2,1-3H3,(H-,10,11,12)/p+1. The first-order chi connectivity index (χ1) is 6.10. The van der Waals surface area contributed by atoms with Gasteiger partial charge in [-0.15, -0.1) is 0 Å². The number of ether oxygens (including phenoxy) is 1. The minimum atomic E-state index is -4.28. The van der Waals surface area contributed by atoms with Gasteiger partial charge in [-0.3, -0.25) is 9.36 Å². The lowest BCUT2D eigenvalue weighted by Gasteiger charge is -2.23. The van der Waals surface area contributed by atoms with Crippen molar-refractivity contribution >= 4 is 13.6 Å². The van der Waals surface area contributed by atoms with Crippen LogP contribution in [0, 0.1) is 0 Å². The van der Waals surface area contributed by atoms with Crippen LogP contribution in [0.3, 0.4) is 0 Å². The Morgan fingerprint density at radius 2 is 1.86 bits per heavy atom. The Labute approximate surface area is 83.2 Å². The Hall–Kier alpha value is -0.420. The maximum absolute atomic E-state index is 10.8. The second kappa shape index (κ2) is 4.89. The maximum atomic E-state index is 10.8. The molecule has 0 rings (SSSR count). The van der Waals surface area contributed by atoms with E-state index in [1.807, 2.05) is 21.1 Å². The van der Waals surface area contributed by atoms with Crippen LogP contribution in [0.25, 0.3) is 0 Å². The summed E-state index contributed by atoms with van der Waals surface area (Å²) in [4.78, 5) is 27.7. The monoisotopic (exact) mass is 226 g/mol. The van der Waals surface area contributed by atoms with Crippen molar-refractivity contribution in [2.24, 2.45) is 0 Å². The SMILES string of the molecule is C[N+](C)(C)CCOC(=O)CP(=O)(O)O. The van der Waals surface area contributed by atoms with Crippen LogP contribution in [0.5, 0.6) is 0 Å². The zero-order valence-electron chi connectivity index (χ0n) is 8.63. The van der Waals surface area contributed by atoms with E-state index in [2.05, 4.69) is 4.74 Å². The average Bonchev–Trinajstić information content (AvgIpc) is 1.78. The molecule has 0 saturated carbocycles. The van der Waals surface area contributed by atoms with Crippen molar-refractivity contribution < 1.29 is 28.4 Å². The van der Waals surface area contributed by atoms with Gasteiger partial charge in [0.25, 0.3) is 0 Å². The molecule has 0 amide bonds. The van der Waals surface area contributed by atoms with Crippen molar-refractivity contribution in [2.75, 3.05) is 40.5 Å². The van der Waals surface area contributed by atoms with Crippen LogP contribution in [0.1, 0.15) is 0 Å². The van der Waals surface area contributed by atoms with E-state index < -0.39 is 19.7 Å². The molecule has 0 spiro atoms. The van der Waals surface area contributed by atoms with E-state index in [0.29, 0.717) is 11.0 Å². The molecule has 0 radical (unpaired) electrons. The molecule has 0 aliphatic rings. The van der Waals surface area contributed by atoms with Gasteiger partial charge >= 0.3 is 13.6 Å². The van der Waals surface area contributed by atoms with Crippen LogP contribution in [-0.4, -0.2) is 60.7 Å². The molecule has 84 valence electrons. The van der Waals surface area contributed by atoms with Gasteiger partial charge in [0.1, 0.15) is 19.3 Å². The van der Waals surface area contributed by atoms with Crippen molar-refractivity contribution in [3.63, 3.8) is 0 Å². The number of rotatable bonds is 5. The summed E-state index contributed by atoms with van der Waals surface area (Å²) in [5.41, 5.74) is 0. The molecule has 0 aliphatic carbocycles. The van der Waals surface area contributed by atoms with Crippen molar-refractivity contribution in [1.82, 2.24) is 0 Å². The maximum Gasteiger partial charge on any atom is 0.336 e. The van der Waals surface area contributed by atoms with E-state index in [9.17, 15) is 9.36 Å². The zero-order chi connectivity index (χ0) is 11.4. The van der Waals surface area contributed by atoms with Gasteiger partial charge in [-0.1, -0.05) is 0 Å². The molecule has 0 aromatic heterocycles. The number of likely N-dealkylation sites (N-methyl/N-ethyl adjacent to an activating group) is 1. The summed E-state index contributed by atoms with van der Waals surface area (Å²) < 4.78 is 15.7. The summed E-state index contributed by atoms with van der Waals surface area (Å²) in [6.45, 7) is 0.773. The Balaban J connectivity index is 3.72. The van der Waals surface area contributed by atoms with Crippen molar-refractivity contribution in [2.45, 2.75) is 0 Å². The molecule has 0 bridgehead atoms. The highest BCUT2D eigenvalue weighted by Crippen LogP contribution is 2.33. The number of esters is 1. The van der Waals surface area contributed by atoms with Crippen molar-refractivity contribution in [3.8, 4) is 0 Å². The molecule has 0 unspecified atom stereocenters. The summed E-state index contributed by atoms with van der Waals surface area (Å²) in [5, 5.41) is 0. The number of hydrogen-bond acceptors (Lipinski definition) is 3. The van der Waals surface area contributed by atoms with E-state index in [1.54, 1.807) is 0 Å². The topological polar surface area (TPSA) is 83.8 Å². The molecule has 0 fully saturated rings. The lowest BCUT2D eigenvalue weighted by atomic mass is 10.5. The fraction of sp³-hybridized carbons (Fsp3) is 0.857. The summed E-state index contributed by atoms with van der Waals surface area (Å²) in [7, 11) is 1.50. The van der Waals surface area contributed by atoms with Gasteiger partial charge in [0, 0.05) is 0 Å². The number of carbonyl (C=O) groups is 1. The molecule has 0 aromatic rings. The van der Waals surface area contributed by atoms with Gasteiger partial charge in [0.2, 0.25) is 0 Å². The predicted molar refractivity (Wildman–Crippen MR) is 50.8 cm³/mol. The molecule has 7 heteroatoms. The van der Waals surface area contributed by atoms with Crippen molar-refractivity contribution in [1.29, 1.82) is 0 Å². The highest BCUT2D eigenvalue weighted by molar-refractivity contribution is 7.52. The van der Waals surface area contributed by atoms with Gasteiger partial charge in [0.05, 0.1) is 21.1 Å². The van der Waals surface area contributed by atoms with E-state index in [0.717, 1.165) is 0 Å². The lowest BCUT2D eigenvalue weighted by molar-refractivity contribution is -0.870. The van der Waals surface area contributed by atoms with Crippen LogP contribution in [-0.2, 0) is 14.1 Å². The molecule has 14 heavy (non-hydrogen) atoms. The van der Waals surface area contributed by atoms with Gasteiger partial charge in [0.15, 0.2) is 0 Å². The van der Waals surface area contributed by atoms with Crippen LogP contribution in [0.4, 0.5) is 0 Å². The van der Waals surface area contributed by atoms with E-state index >= 15 is 0 Å². The highest BCUT2D eigenvalue weighted by atomic mass is 31.2. The normalized spacial score (nSPS) is 12.6. The first-order valence-electron chi connectivity index (χ1n) is 4.11. The Morgan fingerprint density at radius 3 is 2.21 bits per heavy atom. The molecule has 0 atom stereocenters. The van der Waals surface area contributed by atoms with E-state index in [4.69, 9.17) is 9.79 Å². The first-order valence-corrected chi connectivity index (χ1v) is 5.90. The minimum absolute atomic E-state index is 0.169. The third-order valence-electron chi connectivity index (χ3n) is 1.36. The molecular formula is C7H17NO5P+. The van der Waals surface area contributed by atoms with Gasteiger partial charge in [-0.05, 0) is 0 Å². The molecule has 0 saturated heterocycles. The Morgan fingerprint density at radius 1 is 1.36 bits per heavy atom. The molecular weight excluding hydrogens is 209 g/mol. The Bertz CT molecular complexity index is 241. The third-order valence-corrected chi connectivity index (χ3v) is 2.03. The molecule has 0 aliphatic heterocycles. The quantitative estimate of drug-likeness (QED) is 0.372. The fourth-order valence-corrected chi connectivity index (χ4v) is 1.07. The van der Waals surface area contributed by atoms with Gasteiger partial charge in [-0.25, -0.2) is 0 Å². The molecule has 0 heterocycles. The third kappa shape index (κ3) is 9.67. The van der Waals surface area contributed by atoms with Crippen LogP contribution in [0.2, 0.25) is 0 Å². The number of nitrogens with zero attached hydrogens (tertiary/aromatic N) is 1. The van der Waals surface area contributed by atoms with Gasteiger partial charge in [-0.2, -0.15) is 0 Å². The first kappa shape index (κ1) is 13.6. The zero-order valence-corrected chi connectivity index (χ0v) is 9.53. The summed E-state index contributed by atoms with van der Waals surface area (Å²) in [6, 6.07) is 0. The van der Waals surface area contributed by atoms with Crippen LogP contribution < -0.4 is 0 Å². The minimum Gasteiger partial charge on any atom is -0.459 e. The van der Waals surface area contributed by atoms with E-state index in [-0.39, 0.29) is 6.61 Å². The second-order valence-electron chi connectivity index (χ2n) is 4.06. The lowest BCUT2D eigenvalue weighted by Crippen LogP contribution is -2.38.